The third kappa shape index (κ3) is 3.35. The van der Waals surface area contributed by atoms with Gasteiger partial charge in [-0.3, -0.25) is 9.59 Å². The van der Waals surface area contributed by atoms with E-state index in [0.29, 0.717) is 24.6 Å². The Morgan fingerprint density at radius 2 is 2.15 bits per heavy atom. The molecule has 3 rings (SSSR count). The molecule has 2 aromatic rings. The van der Waals surface area contributed by atoms with Gasteiger partial charge in [-0.15, -0.1) is 0 Å². The zero-order valence-corrected chi connectivity index (χ0v) is 16.1. The molecular weight excluding hydrogens is 328 g/mol. The predicted octanol–water partition coefficient (Wildman–Crippen LogP) is 3.56. The lowest BCUT2D eigenvalue weighted by molar-refractivity contribution is -0.145. The van der Waals surface area contributed by atoms with E-state index in [-0.39, 0.29) is 17.8 Å². The fourth-order valence-electron chi connectivity index (χ4n) is 3.93. The van der Waals surface area contributed by atoms with E-state index in [1.807, 2.05) is 19.1 Å². The number of hydrogen-bond donors (Lipinski definition) is 1. The molecule has 1 aliphatic rings. The summed E-state index contributed by atoms with van der Waals surface area (Å²) in [5, 5.41) is 1.16. The number of aromatic amines is 1. The Balaban J connectivity index is 1.94. The van der Waals surface area contributed by atoms with Crippen LogP contribution in [0.2, 0.25) is 0 Å². The van der Waals surface area contributed by atoms with Crippen LogP contribution in [0.3, 0.4) is 0 Å². The summed E-state index contributed by atoms with van der Waals surface area (Å²) in [7, 11) is 1.38. The standard InChI is InChI=1S/C21H28N2O3/c1-5-23(12-14(3)21(25)26-4)20(24)16-8-6-7-15-17-11-13(2)9-10-18(17)22-19(15)16/h6-8,13-14,22H,5,9-12H2,1-4H3. The van der Waals surface area contributed by atoms with Crippen LogP contribution in [0.4, 0.5) is 0 Å². The zero-order valence-electron chi connectivity index (χ0n) is 16.1. The van der Waals surface area contributed by atoms with Gasteiger partial charge in [-0.05, 0) is 43.7 Å². The Morgan fingerprint density at radius 1 is 1.38 bits per heavy atom. The maximum Gasteiger partial charge on any atom is 0.310 e. The molecule has 0 radical (unpaired) electrons. The third-order valence-electron chi connectivity index (χ3n) is 5.47. The van der Waals surface area contributed by atoms with Crippen molar-refractivity contribution in [1.29, 1.82) is 0 Å². The van der Waals surface area contributed by atoms with Crippen LogP contribution in [0.5, 0.6) is 0 Å². The van der Waals surface area contributed by atoms with E-state index in [4.69, 9.17) is 4.74 Å². The second-order valence-electron chi connectivity index (χ2n) is 7.43. The second-order valence-corrected chi connectivity index (χ2v) is 7.43. The van der Waals surface area contributed by atoms with Crippen LogP contribution < -0.4 is 0 Å². The molecule has 0 saturated carbocycles. The number of amides is 1. The lowest BCUT2D eigenvalue weighted by Gasteiger charge is -2.24. The molecule has 5 nitrogen and oxygen atoms in total. The third-order valence-corrected chi connectivity index (χ3v) is 5.47. The molecule has 0 aliphatic heterocycles. The van der Waals surface area contributed by atoms with Crippen LogP contribution in [-0.2, 0) is 22.4 Å². The van der Waals surface area contributed by atoms with Crippen molar-refractivity contribution in [2.75, 3.05) is 20.2 Å². The number of esters is 1. The topological polar surface area (TPSA) is 62.4 Å². The van der Waals surface area contributed by atoms with Gasteiger partial charge in [-0.1, -0.05) is 26.0 Å². The average Bonchev–Trinajstić information content (AvgIpc) is 3.02. The molecule has 0 spiro atoms. The van der Waals surface area contributed by atoms with Crippen LogP contribution in [0.25, 0.3) is 10.9 Å². The molecule has 1 aromatic heterocycles. The minimum Gasteiger partial charge on any atom is -0.469 e. The summed E-state index contributed by atoms with van der Waals surface area (Å²) in [6.07, 6.45) is 3.28. The van der Waals surface area contributed by atoms with Crippen molar-refractivity contribution in [2.24, 2.45) is 11.8 Å². The van der Waals surface area contributed by atoms with Crippen molar-refractivity contribution < 1.29 is 14.3 Å². The highest BCUT2D eigenvalue weighted by atomic mass is 16.5. The highest BCUT2D eigenvalue weighted by Gasteiger charge is 2.25. The maximum atomic E-state index is 13.2. The molecule has 0 bridgehead atoms. The Bertz CT molecular complexity index is 824. The predicted molar refractivity (Wildman–Crippen MR) is 102 cm³/mol. The first-order valence-electron chi connectivity index (χ1n) is 9.45. The highest BCUT2D eigenvalue weighted by Crippen LogP contribution is 2.33. The fraction of sp³-hybridized carbons (Fsp3) is 0.524. The van der Waals surface area contributed by atoms with Crippen LogP contribution in [0, 0.1) is 11.8 Å². The SMILES string of the molecule is CCN(CC(C)C(=O)OC)C(=O)c1cccc2c3c([nH]c12)CCC(C)C3. The highest BCUT2D eigenvalue weighted by molar-refractivity contribution is 6.07. The second kappa shape index (κ2) is 7.52. The molecule has 2 atom stereocenters. The minimum atomic E-state index is -0.346. The fourth-order valence-corrected chi connectivity index (χ4v) is 3.93. The monoisotopic (exact) mass is 356 g/mol. The van der Waals surface area contributed by atoms with Gasteiger partial charge in [-0.2, -0.15) is 0 Å². The summed E-state index contributed by atoms with van der Waals surface area (Å²) in [4.78, 5) is 30.1. The summed E-state index contributed by atoms with van der Waals surface area (Å²) in [6.45, 7) is 6.91. The number of carbonyl (C=O) groups is 2. The molecule has 5 heteroatoms. The number of nitrogens with one attached hydrogen (secondary N) is 1. The maximum absolute atomic E-state index is 13.2. The molecule has 1 heterocycles. The lowest BCUT2D eigenvalue weighted by Crippen LogP contribution is -2.37. The zero-order chi connectivity index (χ0) is 18.8. The van der Waals surface area contributed by atoms with Crippen LogP contribution in [-0.4, -0.2) is 42.0 Å². The van der Waals surface area contributed by atoms with Gasteiger partial charge in [0.05, 0.1) is 24.1 Å². The van der Waals surface area contributed by atoms with Gasteiger partial charge in [0.1, 0.15) is 0 Å². The molecule has 2 unspecified atom stereocenters. The smallest absolute Gasteiger partial charge is 0.310 e. The lowest BCUT2D eigenvalue weighted by atomic mass is 9.87. The molecular formula is C21H28N2O3. The van der Waals surface area contributed by atoms with Crippen LogP contribution >= 0.6 is 0 Å². The Hall–Kier alpha value is -2.30. The van der Waals surface area contributed by atoms with Gasteiger partial charge in [0.15, 0.2) is 0 Å². The van der Waals surface area contributed by atoms with Gasteiger partial charge in [0, 0.05) is 24.2 Å². The molecule has 1 N–H and O–H groups in total. The normalized spacial score (nSPS) is 17.6. The number of H-pyrrole nitrogens is 1. The number of methoxy groups -OCH3 is 1. The Kier molecular flexibility index (Phi) is 5.35. The van der Waals surface area contributed by atoms with E-state index in [1.165, 1.54) is 24.8 Å². The number of fused-ring (bicyclic) bond motifs is 3. The summed E-state index contributed by atoms with van der Waals surface area (Å²) in [6, 6.07) is 5.94. The van der Waals surface area contributed by atoms with E-state index < -0.39 is 0 Å². The van der Waals surface area contributed by atoms with Crippen molar-refractivity contribution in [2.45, 2.75) is 40.0 Å². The molecule has 0 fully saturated rings. The van der Waals surface area contributed by atoms with Gasteiger partial charge in [-0.25, -0.2) is 0 Å². The summed E-state index contributed by atoms with van der Waals surface area (Å²) in [5.74, 6) is -0.00557. The number of carbonyl (C=O) groups excluding carboxylic acids is 2. The van der Waals surface area contributed by atoms with Crippen LogP contribution in [0.1, 0.15) is 48.8 Å². The van der Waals surface area contributed by atoms with Crippen molar-refractivity contribution in [3.8, 4) is 0 Å². The van der Waals surface area contributed by atoms with Crippen molar-refractivity contribution >= 4 is 22.8 Å². The number of nitrogens with zero attached hydrogens (tertiary/aromatic N) is 1. The summed E-state index contributed by atoms with van der Waals surface area (Å²) >= 11 is 0. The number of aromatic nitrogens is 1. The van der Waals surface area contributed by atoms with Crippen molar-refractivity contribution in [1.82, 2.24) is 9.88 Å². The van der Waals surface area contributed by atoms with Crippen LogP contribution in [0.15, 0.2) is 18.2 Å². The van der Waals surface area contributed by atoms with Gasteiger partial charge in [0.25, 0.3) is 5.91 Å². The van der Waals surface area contributed by atoms with E-state index in [2.05, 4.69) is 18.0 Å². The summed E-state index contributed by atoms with van der Waals surface area (Å²) < 4.78 is 4.80. The Morgan fingerprint density at radius 3 is 2.85 bits per heavy atom. The first kappa shape index (κ1) is 18.5. The summed E-state index contributed by atoms with van der Waals surface area (Å²) in [5.41, 5.74) is 4.24. The van der Waals surface area contributed by atoms with E-state index in [1.54, 1.807) is 11.8 Å². The number of aryl methyl sites for hydroxylation is 1. The van der Waals surface area contributed by atoms with E-state index >= 15 is 0 Å². The largest absolute Gasteiger partial charge is 0.469 e. The van der Waals surface area contributed by atoms with Gasteiger partial charge < -0.3 is 14.6 Å². The number of benzene rings is 1. The molecule has 140 valence electrons. The minimum absolute atomic E-state index is 0.0412. The first-order chi connectivity index (χ1) is 12.5. The van der Waals surface area contributed by atoms with Gasteiger partial charge >= 0.3 is 5.97 Å². The van der Waals surface area contributed by atoms with Gasteiger partial charge in [0.2, 0.25) is 0 Å². The number of hydrogen-bond acceptors (Lipinski definition) is 3. The van der Waals surface area contributed by atoms with E-state index in [9.17, 15) is 9.59 Å². The number of para-hydroxylation sites is 1. The first-order valence-corrected chi connectivity index (χ1v) is 9.45. The molecule has 0 saturated heterocycles. The average molecular weight is 356 g/mol. The molecule has 1 amide bonds. The quantitative estimate of drug-likeness (QED) is 0.833. The van der Waals surface area contributed by atoms with Crippen molar-refractivity contribution in [3.63, 3.8) is 0 Å². The number of ether oxygens (including phenoxy) is 1. The Labute approximate surface area is 154 Å². The molecule has 1 aliphatic carbocycles. The van der Waals surface area contributed by atoms with Crippen molar-refractivity contribution in [3.05, 3.63) is 35.0 Å². The van der Waals surface area contributed by atoms with E-state index in [0.717, 1.165) is 23.7 Å². The molecule has 26 heavy (non-hydrogen) atoms. The number of rotatable bonds is 5. The molecule has 1 aromatic carbocycles.